The summed E-state index contributed by atoms with van der Waals surface area (Å²) < 4.78 is 38.0. The number of carbonyl (C=O) groups is 1. The minimum Gasteiger partial charge on any atom is -0.496 e. The highest BCUT2D eigenvalue weighted by molar-refractivity contribution is 9.10. The predicted molar refractivity (Wildman–Crippen MR) is 139 cm³/mol. The Morgan fingerprint density at radius 1 is 1.27 bits per heavy atom. The predicted octanol–water partition coefficient (Wildman–Crippen LogP) is 4.91. The molecule has 37 heavy (non-hydrogen) atoms. The van der Waals surface area contributed by atoms with Crippen molar-refractivity contribution in [3.05, 3.63) is 40.1 Å². The molecule has 2 fully saturated rings. The summed E-state index contributed by atoms with van der Waals surface area (Å²) >= 11 is 3.57. The molecule has 2 atom stereocenters. The molecule has 0 saturated carbocycles. The number of alkyl halides is 3. The Morgan fingerprint density at radius 2 is 1.89 bits per heavy atom. The van der Waals surface area contributed by atoms with E-state index in [-0.39, 0.29) is 0 Å². The molecule has 2 aliphatic heterocycles. The van der Waals surface area contributed by atoms with Crippen molar-refractivity contribution in [1.29, 1.82) is 0 Å². The van der Waals surface area contributed by atoms with E-state index >= 15 is 0 Å². The average molecular weight is 588 g/mol. The molecule has 3 heterocycles. The van der Waals surface area contributed by atoms with Crippen LogP contribution in [0, 0.1) is 6.92 Å². The van der Waals surface area contributed by atoms with Crippen LogP contribution >= 0.6 is 15.9 Å². The van der Waals surface area contributed by atoms with Crippen LogP contribution < -0.4 is 15.0 Å². The maximum atomic E-state index is 10.6. The third kappa shape index (κ3) is 7.47. The molecule has 2 bridgehead atoms. The van der Waals surface area contributed by atoms with Crippen molar-refractivity contribution in [1.82, 2.24) is 14.9 Å². The van der Waals surface area contributed by atoms with Crippen molar-refractivity contribution in [2.75, 3.05) is 38.0 Å². The Kier molecular flexibility index (Phi) is 9.63. The zero-order chi connectivity index (χ0) is 27.3. The number of ether oxygens (including phenoxy) is 1. The molecule has 2 aliphatic rings. The van der Waals surface area contributed by atoms with Crippen LogP contribution in [0.2, 0.25) is 0 Å². The summed E-state index contributed by atoms with van der Waals surface area (Å²) in [4.78, 5) is 22.8. The lowest BCUT2D eigenvalue weighted by molar-refractivity contribution is -0.192. The minimum atomic E-state index is -5.08. The van der Waals surface area contributed by atoms with E-state index in [1.165, 1.54) is 31.2 Å². The molecule has 2 saturated heterocycles. The molecule has 0 spiro atoms. The van der Waals surface area contributed by atoms with Gasteiger partial charge in [-0.15, -0.1) is 0 Å². The number of fused-ring (bicyclic) bond motifs is 2. The first kappa shape index (κ1) is 29.0. The smallest absolute Gasteiger partial charge is 0.490 e. The maximum Gasteiger partial charge on any atom is 0.490 e. The SMILES string of the molecule is COc1ccc(CCN(C)c2ncnc(NC3CC4CCC(C3)N4C)c2C)cc1Br.O=C(O)C(F)(F)F. The van der Waals surface area contributed by atoms with Gasteiger partial charge in [0, 0.05) is 37.3 Å². The lowest BCUT2D eigenvalue weighted by atomic mass is 9.98. The third-order valence-electron chi connectivity index (χ3n) is 7.05. The summed E-state index contributed by atoms with van der Waals surface area (Å²) in [6, 6.07) is 8.18. The molecule has 0 amide bonds. The summed E-state index contributed by atoms with van der Waals surface area (Å²) in [5.74, 6) is 0.0771. The summed E-state index contributed by atoms with van der Waals surface area (Å²) in [6.45, 7) is 3.01. The van der Waals surface area contributed by atoms with Gasteiger partial charge >= 0.3 is 12.1 Å². The van der Waals surface area contributed by atoms with E-state index in [1.54, 1.807) is 13.4 Å². The van der Waals surface area contributed by atoms with Gasteiger partial charge in [-0.2, -0.15) is 13.2 Å². The van der Waals surface area contributed by atoms with E-state index in [0.717, 1.165) is 40.4 Å². The van der Waals surface area contributed by atoms with Crippen molar-refractivity contribution in [2.45, 2.75) is 63.3 Å². The van der Waals surface area contributed by atoms with Crippen molar-refractivity contribution in [3.63, 3.8) is 0 Å². The quantitative estimate of drug-likeness (QED) is 0.472. The van der Waals surface area contributed by atoms with Crippen molar-refractivity contribution < 1.29 is 27.8 Å². The number of benzene rings is 1. The average Bonchev–Trinajstić information content (AvgIpc) is 3.03. The van der Waals surface area contributed by atoms with Crippen LogP contribution in [0.4, 0.5) is 24.8 Å². The number of hydrogen-bond donors (Lipinski definition) is 2. The first-order valence-corrected chi connectivity index (χ1v) is 12.8. The molecule has 204 valence electrons. The van der Waals surface area contributed by atoms with E-state index in [1.807, 2.05) is 6.07 Å². The lowest BCUT2D eigenvalue weighted by Crippen LogP contribution is -2.44. The molecular formula is C25H33BrF3N5O3. The topological polar surface area (TPSA) is 90.8 Å². The summed E-state index contributed by atoms with van der Waals surface area (Å²) in [5, 5.41) is 10.9. The number of likely N-dealkylation sites (N-methyl/N-ethyl adjacent to an activating group) is 1. The Morgan fingerprint density at radius 3 is 2.43 bits per heavy atom. The Labute approximate surface area is 223 Å². The highest BCUT2D eigenvalue weighted by Crippen LogP contribution is 2.36. The van der Waals surface area contributed by atoms with Gasteiger partial charge in [-0.25, -0.2) is 14.8 Å². The number of nitrogens with one attached hydrogen (secondary N) is 1. The van der Waals surface area contributed by atoms with Crippen molar-refractivity contribution >= 4 is 33.5 Å². The second-order valence-corrected chi connectivity index (χ2v) is 10.3. The molecule has 0 radical (unpaired) electrons. The Bertz CT molecular complexity index is 1070. The second kappa shape index (κ2) is 12.3. The van der Waals surface area contributed by atoms with Crippen LogP contribution in [0.15, 0.2) is 29.0 Å². The fraction of sp³-hybridized carbons (Fsp3) is 0.560. The number of carboxylic acid groups (broad SMARTS) is 1. The Hall–Kier alpha value is -2.60. The van der Waals surface area contributed by atoms with Crippen molar-refractivity contribution in [2.24, 2.45) is 0 Å². The Balaban J connectivity index is 0.000000479. The standard InChI is InChI=1S/C23H32BrN5O.C2HF3O2/c1-15-22(27-17-12-18-6-7-19(13-17)29(18)3)25-14-26-23(15)28(2)10-9-16-5-8-21(30-4)20(24)11-16;3-2(4,5)1(6)7/h5,8,11,14,17-19H,6-7,9-10,12-13H2,1-4H3,(H,25,26,27);(H,6,7). The summed E-state index contributed by atoms with van der Waals surface area (Å²) in [5.41, 5.74) is 2.39. The van der Waals surface area contributed by atoms with Crippen LogP contribution in [0.3, 0.4) is 0 Å². The van der Waals surface area contributed by atoms with Gasteiger partial charge < -0.3 is 25.0 Å². The van der Waals surface area contributed by atoms with Gasteiger partial charge in [-0.1, -0.05) is 6.07 Å². The number of anilines is 2. The number of rotatable bonds is 7. The second-order valence-electron chi connectivity index (χ2n) is 9.48. The lowest BCUT2D eigenvalue weighted by Gasteiger charge is -2.37. The molecule has 8 nitrogen and oxygen atoms in total. The van der Waals surface area contributed by atoms with E-state index in [0.29, 0.717) is 18.1 Å². The number of piperidine rings is 1. The van der Waals surface area contributed by atoms with E-state index < -0.39 is 12.1 Å². The minimum absolute atomic E-state index is 0.502. The van der Waals surface area contributed by atoms with Gasteiger partial charge in [0.25, 0.3) is 0 Å². The van der Waals surface area contributed by atoms with Crippen molar-refractivity contribution in [3.8, 4) is 5.75 Å². The molecule has 2 aromatic rings. The third-order valence-corrected chi connectivity index (χ3v) is 7.67. The number of halogens is 4. The number of hydrogen-bond acceptors (Lipinski definition) is 7. The molecule has 0 aliphatic carbocycles. The highest BCUT2D eigenvalue weighted by Gasteiger charge is 2.39. The van der Waals surface area contributed by atoms with E-state index in [4.69, 9.17) is 14.6 Å². The monoisotopic (exact) mass is 587 g/mol. The van der Waals surface area contributed by atoms with Gasteiger partial charge in [0.2, 0.25) is 0 Å². The van der Waals surface area contributed by atoms with Crippen LogP contribution in [-0.4, -0.2) is 78.0 Å². The molecule has 1 aromatic heterocycles. The number of nitrogens with zero attached hydrogens (tertiary/aromatic N) is 4. The summed E-state index contributed by atoms with van der Waals surface area (Å²) in [6.07, 6.45) is 2.61. The summed E-state index contributed by atoms with van der Waals surface area (Å²) in [7, 11) is 6.07. The molecule has 4 rings (SSSR count). The van der Waals surface area contributed by atoms with E-state index in [2.05, 4.69) is 74.2 Å². The first-order chi connectivity index (χ1) is 17.4. The fourth-order valence-corrected chi connectivity index (χ4v) is 5.55. The molecule has 1 aromatic carbocycles. The fourth-order valence-electron chi connectivity index (χ4n) is 4.96. The molecule has 2 unspecified atom stereocenters. The van der Waals surface area contributed by atoms with Gasteiger partial charge in [0.05, 0.1) is 11.6 Å². The zero-order valence-electron chi connectivity index (χ0n) is 21.3. The van der Waals surface area contributed by atoms with E-state index in [9.17, 15) is 13.2 Å². The zero-order valence-corrected chi connectivity index (χ0v) is 22.9. The number of aliphatic carboxylic acids is 1. The van der Waals surface area contributed by atoms with Crippen LogP contribution in [0.25, 0.3) is 0 Å². The normalized spacial score (nSPS) is 21.1. The first-order valence-electron chi connectivity index (χ1n) is 12.0. The number of carboxylic acids is 1. The van der Waals surface area contributed by atoms with Crippen LogP contribution in [0.5, 0.6) is 5.75 Å². The molecular weight excluding hydrogens is 555 g/mol. The van der Waals surface area contributed by atoms with Gasteiger partial charge in [-0.3, -0.25) is 0 Å². The van der Waals surface area contributed by atoms with Gasteiger partial charge in [0.1, 0.15) is 23.7 Å². The molecule has 2 N–H and O–H groups in total. The maximum absolute atomic E-state index is 10.6. The molecule has 12 heteroatoms. The highest BCUT2D eigenvalue weighted by atomic mass is 79.9. The number of aromatic nitrogens is 2. The largest absolute Gasteiger partial charge is 0.496 e. The number of methoxy groups -OCH3 is 1. The van der Waals surface area contributed by atoms with Crippen LogP contribution in [-0.2, 0) is 11.2 Å². The van der Waals surface area contributed by atoms with Gasteiger partial charge in [-0.05, 0) is 79.7 Å². The van der Waals surface area contributed by atoms with Gasteiger partial charge in [0.15, 0.2) is 0 Å². The van der Waals surface area contributed by atoms with Crippen LogP contribution in [0.1, 0.15) is 36.8 Å².